The van der Waals surface area contributed by atoms with Crippen LogP contribution >= 0.6 is 23.2 Å². The highest BCUT2D eigenvalue weighted by Crippen LogP contribution is 2.34. The Hall–Kier alpha value is -0.120. The molecule has 2 aliphatic carbocycles. The SMILES string of the molecule is O=C1CCCC([C@@H](CCCl)CCCOCCC[C@H](CCCl)C2CCCC(=O)C2)C1. The molecule has 0 aliphatic heterocycles. The van der Waals surface area contributed by atoms with Gasteiger partial charge >= 0.3 is 0 Å². The Morgan fingerprint density at radius 2 is 1.21 bits per heavy atom. The lowest BCUT2D eigenvalue weighted by molar-refractivity contribution is -0.123. The van der Waals surface area contributed by atoms with Crippen molar-refractivity contribution >= 4 is 34.8 Å². The minimum Gasteiger partial charge on any atom is -0.381 e. The maximum absolute atomic E-state index is 11.8. The zero-order valence-electron chi connectivity index (χ0n) is 18.0. The first-order valence-corrected chi connectivity index (χ1v) is 12.9. The fraction of sp³-hybridized carbons (Fsp3) is 0.917. The van der Waals surface area contributed by atoms with Gasteiger partial charge in [0.2, 0.25) is 0 Å². The highest BCUT2D eigenvalue weighted by Gasteiger charge is 2.27. The predicted octanol–water partition coefficient (Wildman–Crippen LogP) is 6.57. The summed E-state index contributed by atoms with van der Waals surface area (Å²) in [4.78, 5) is 23.6. The molecule has 2 fully saturated rings. The second-order valence-electron chi connectivity index (χ2n) is 9.16. The van der Waals surface area contributed by atoms with Crippen LogP contribution in [-0.2, 0) is 14.3 Å². The normalized spacial score (nSPS) is 25.2. The molecule has 0 amide bonds. The molecule has 0 saturated heterocycles. The number of halogens is 2. The van der Waals surface area contributed by atoms with Crippen LogP contribution in [0, 0.1) is 23.7 Å². The molecule has 5 heteroatoms. The van der Waals surface area contributed by atoms with Crippen molar-refractivity contribution in [2.24, 2.45) is 23.7 Å². The first-order valence-electron chi connectivity index (χ1n) is 11.9. The average molecular weight is 447 g/mol. The zero-order valence-corrected chi connectivity index (χ0v) is 19.5. The highest BCUT2D eigenvalue weighted by molar-refractivity contribution is 6.18. The van der Waals surface area contributed by atoms with Crippen LogP contribution in [-0.4, -0.2) is 36.5 Å². The molecular formula is C24H40Cl2O3. The number of Topliss-reactive ketones (excluding diaryl/α,β-unsaturated/α-hetero) is 2. The molecule has 29 heavy (non-hydrogen) atoms. The molecule has 3 nitrogen and oxygen atoms in total. The standard InChI is InChI=1S/C24H40Cl2O3/c25-13-11-19(21-5-1-9-23(27)17-21)7-3-15-29-16-4-8-20(12-14-26)22-6-2-10-24(28)18-22/h19-22H,1-18H2/t19-,20-,21?,22?/m1/s1. The summed E-state index contributed by atoms with van der Waals surface area (Å²) in [5.41, 5.74) is 0. The number of hydrogen-bond donors (Lipinski definition) is 0. The Kier molecular flexibility index (Phi) is 12.8. The third-order valence-electron chi connectivity index (χ3n) is 7.06. The topological polar surface area (TPSA) is 43.4 Å². The third kappa shape index (κ3) is 9.70. The van der Waals surface area contributed by atoms with Crippen molar-refractivity contribution in [2.75, 3.05) is 25.0 Å². The van der Waals surface area contributed by atoms with Crippen LogP contribution in [0.4, 0.5) is 0 Å². The van der Waals surface area contributed by atoms with Crippen LogP contribution in [0.2, 0.25) is 0 Å². The van der Waals surface area contributed by atoms with Crippen molar-refractivity contribution in [3.05, 3.63) is 0 Å². The van der Waals surface area contributed by atoms with Gasteiger partial charge in [-0.1, -0.05) is 0 Å². The van der Waals surface area contributed by atoms with Gasteiger partial charge in [0.25, 0.3) is 0 Å². The highest BCUT2D eigenvalue weighted by atomic mass is 35.5. The molecule has 2 saturated carbocycles. The molecule has 2 rings (SSSR count). The van der Waals surface area contributed by atoms with E-state index in [-0.39, 0.29) is 0 Å². The maximum atomic E-state index is 11.8. The van der Waals surface area contributed by atoms with E-state index in [9.17, 15) is 9.59 Å². The molecule has 0 aromatic rings. The Morgan fingerprint density at radius 1 is 0.759 bits per heavy atom. The van der Waals surface area contributed by atoms with E-state index in [0.29, 0.717) is 47.0 Å². The Labute approximate surface area is 187 Å². The van der Waals surface area contributed by atoms with Crippen molar-refractivity contribution in [3.63, 3.8) is 0 Å². The zero-order chi connectivity index (χ0) is 20.9. The Morgan fingerprint density at radius 3 is 1.59 bits per heavy atom. The van der Waals surface area contributed by atoms with Gasteiger partial charge in [-0.25, -0.2) is 0 Å². The predicted molar refractivity (Wildman–Crippen MR) is 121 cm³/mol. The quantitative estimate of drug-likeness (QED) is 0.223. The first-order chi connectivity index (χ1) is 14.1. The molecule has 168 valence electrons. The number of alkyl halides is 2. The van der Waals surface area contributed by atoms with Gasteiger partial charge in [0, 0.05) is 50.7 Å². The Bertz CT molecular complexity index is 441. The lowest BCUT2D eigenvalue weighted by atomic mass is 9.76. The molecule has 0 aromatic carbocycles. The van der Waals surface area contributed by atoms with E-state index >= 15 is 0 Å². The van der Waals surface area contributed by atoms with Gasteiger partial charge in [-0.2, -0.15) is 0 Å². The fourth-order valence-corrected chi connectivity index (χ4v) is 5.99. The van der Waals surface area contributed by atoms with E-state index in [2.05, 4.69) is 0 Å². The molecule has 0 radical (unpaired) electrons. The number of rotatable bonds is 14. The minimum atomic E-state index is 0.434. The van der Waals surface area contributed by atoms with E-state index in [4.69, 9.17) is 27.9 Å². The van der Waals surface area contributed by atoms with Crippen molar-refractivity contribution in [1.82, 2.24) is 0 Å². The minimum absolute atomic E-state index is 0.434. The smallest absolute Gasteiger partial charge is 0.133 e. The summed E-state index contributed by atoms with van der Waals surface area (Å²) in [6.45, 7) is 1.59. The second kappa shape index (κ2) is 14.8. The van der Waals surface area contributed by atoms with Crippen molar-refractivity contribution < 1.29 is 14.3 Å². The van der Waals surface area contributed by atoms with Crippen LogP contribution in [0.15, 0.2) is 0 Å². The molecule has 0 heterocycles. The van der Waals surface area contributed by atoms with Gasteiger partial charge in [-0.3, -0.25) is 9.59 Å². The van der Waals surface area contributed by atoms with Crippen LogP contribution in [0.3, 0.4) is 0 Å². The summed E-state index contributed by atoms with van der Waals surface area (Å²) in [6, 6.07) is 0. The summed E-state index contributed by atoms with van der Waals surface area (Å²) in [5, 5.41) is 0. The lowest BCUT2D eigenvalue weighted by Gasteiger charge is -2.29. The Balaban J connectivity index is 1.59. The van der Waals surface area contributed by atoms with E-state index < -0.39 is 0 Å². The van der Waals surface area contributed by atoms with Crippen LogP contribution < -0.4 is 0 Å². The van der Waals surface area contributed by atoms with Crippen LogP contribution in [0.1, 0.15) is 89.9 Å². The molecule has 0 spiro atoms. The summed E-state index contributed by atoms with van der Waals surface area (Å²) in [7, 11) is 0. The summed E-state index contributed by atoms with van der Waals surface area (Å²) in [5.74, 6) is 4.43. The van der Waals surface area contributed by atoms with Gasteiger partial charge < -0.3 is 4.74 Å². The molecule has 2 unspecified atom stereocenters. The molecule has 4 atom stereocenters. The van der Waals surface area contributed by atoms with E-state index in [1.54, 1.807) is 0 Å². The van der Waals surface area contributed by atoms with Crippen molar-refractivity contribution in [2.45, 2.75) is 89.9 Å². The number of hydrogen-bond acceptors (Lipinski definition) is 3. The molecule has 2 aliphatic rings. The van der Waals surface area contributed by atoms with Gasteiger partial charge in [0.1, 0.15) is 11.6 Å². The number of carbonyl (C=O) groups is 2. The van der Waals surface area contributed by atoms with Crippen molar-refractivity contribution in [1.29, 1.82) is 0 Å². The molecule has 0 bridgehead atoms. The number of ether oxygens (including phenoxy) is 1. The van der Waals surface area contributed by atoms with Crippen molar-refractivity contribution in [3.8, 4) is 0 Å². The second-order valence-corrected chi connectivity index (χ2v) is 9.92. The lowest BCUT2D eigenvalue weighted by Crippen LogP contribution is -2.24. The van der Waals surface area contributed by atoms with Gasteiger partial charge in [0.05, 0.1) is 0 Å². The number of ketones is 2. The average Bonchev–Trinajstić information content (AvgIpc) is 2.71. The third-order valence-corrected chi connectivity index (χ3v) is 7.50. The monoisotopic (exact) mass is 446 g/mol. The van der Waals surface area contributed by atoms with E-state index in [0.717, 1.165) is 90.3 Å². The summed E-state index contributed by atoms with van der Waals surface area (Å²) < 4.78 is 5.91. The molecule has 0 aromatic heterocycles. The summed E-state index contributed by atoms with van der Waals surface area (Å²) >= 11 is 12.0. The molecule has 0 N–H and O–H groups in total. The molecular weight excluding hydrogens is 407 g/mol. The van der Waals surface area contributed by atoms with E-state index in [1.165, 1.54) is 12.8 Å². The fourth-order valence-electron chi connectivity index (χ4n) is 5.43. The van der Waals surface area contributed by atoms with Crippen LogP contribution in [0.25, 0.3) is 0 Å². The van der Waals surface area contributed by atoms with Gasteiger partial charge in [-0.15, -0.1) is 23.2 Å². The number of carbonyl (C=O) groups excluding carboxylic acids is 2. The van der Waals surface area contributed by atoms with E-state index in [1.807, 2.05) is 0 Å². The van der Waals surface area contributed by atoms with Gasteiger partial charge in [0.15, 0.2) is 0 Å². The largest absolute Gasteiger partial charge is 0.381 e. The van der Waals surface area contributed by atoms with Gasteiger partial charge in [-0.05, 0) is 87.9 Å². The maximum Gasteiger partial charge on any atom is 0.133 e. The summed E-state index contributed by atoms with van der Waals surface area (Å²) in [6.07, 6.45) is 13.9. The first kappa shape index (κ1) is 25.1. The van der Waals surface area contributed by atoms with Crippen LogP contribution in [0.5, 0.6) is 0 Å².